The highest BCUT2D eigenvalue weighted by molar-refractivity contribution is 5.73. The maximum absolute atomic E-state index is 11.1. The Balaban J connectivity index is 2.04. The number of carbonyl (C=O) groups excluding carboxylic acids is 1. The molecule has 5 heteroatoms. The Morgan fingerprint density at radius 1 is 1.53 bits per heavy atom. The van der Waals surface area contributed by atoms with Gasteiger partial charge in [0, 0.05) is 6.54 Å². The number of nitrogens with zero attached hydrogens (tertiary/aromatic N) is 2. The van der Waals surface area contributed by atoms with Gasteiger partial charge in [0.1, 0.15) is 5.52 Å². The van der Waals surface area contributed by atoms with Crippen LogP contribution in [0.15, 0.2) is 29.0 Å². The van der Waals surface area contributed by atoms with Crippen molar-refractivity contribution in [3.05, 3.63) is 30.2 Å². The number of carbonyl (C=O) groups is 1. The first kappa shape index (κ1) is 11.6. The Morgan fingerprint density at radius 2 is 2.35 bits per heavy atom. The number of oxazole rings is 1. The van der Waals surface area contributed by atoms with Crippen molar-refractivity contribution in [2.45, 2.75) is 6.54 Å². The lowest BCUT2D eigenvalue weighted by molar-refractivity contribution is -0.141. The predicted octanol–water partition coefficient (Wildman–Crippen LogP) is 1.43. The zero-order valence-corrected chi connectivity index (χ0v) is 9.84. The SMILES string of the molecule is COC(=O)CN(C)Cc1ccc2ncoc2c1. The molecular weight excluding hydrogens is 220 g/mol. The van der Waals surface area contributed by atoms with Crippen LogP contribution in [0.5, 0.6) is 0 Å². The van der Waals surface area contributed by atoms with Crippen LogP contribution in [0.4, 0.5) is 0 Å². The number of likely N-dealkylation sites (N-methyl/N-ethyl adjacent to an activating group) is 1. The maximum Gasteiger partial charge on any atom is 0.319 e. The lowest BCUT2D eigenvalue weighted by atomic mass is 10.2. The lowest BCUT2D eigenvalue weighted by Gasteiger charge is -2.14. The monoisotopic (exact) mass is 234 g/mol. The van der Waals surface area contributed by atoms with Crippen molar-refractivity contribution in [1.29, 1.82) is 0 Å². The van der Waals surface area contributed by atoms with E-state index in [-0.39, 0.29) is 12.5 Å². The normalized spacial score (nSPS) is 11.0. The molecule has 0 N–H and O–H groups in total. The van der Waals surface area contributed by atoms with E-state index in [4.69, 9.17) is 4.42 Å². The molecule has 0 unspecified atom stereocenters. The smallest absolute Gasteiger partial charge is 0.319 e. The van der Waals surface area contributed by atoms with Crippen molar-refractivity contribution >= 4 is 17.1 Å². The molecule has 0 spiro atoms. The van der Waals surface area contributed by atoms with Crippen LogP contribution in [0.1, 0.15) is 5.56 Å². The summed E-state index contributed by atoms with van der Waals surface area (Å²) in [5.41, 5.74) is 2.67. The van der Waals surface area contributed by atoms with Gasteiger partial charge in [-0.3, -0.25) is 9.69 Å². The first-order valence-corrected chi connectivity index (χ1v) is 5.26. The van der Waals surface area contributed by atoms with Crippen LogP contribution < -0.4 is 0 Å². The van der Waals surface area contributed by atoms with Crippen molar-refractivity contribution < 1.29 is 13.9 Å². The number of aromatic nitrogens is 1. The van der Waals surface area contributed by atoms with E-state index in [0.29, 0.717) is 6.54 Å². The van der Waals surface area contributed by atoms with Crippen LogP contribution >= 0.6 is 0 Å². The lowest BCUT2D eigenvalue weighted by Crippen LogP contribution is -2.26. The van der Waals surface area contributed by atoms with Gasteiger partial charge in [0.2, 0.25) is 0 Å². The molecule has 90 valence electrons. The minimum absolute atomic E-state index is 0.242. The van der Waals surface area contributed by atoms with Gasteiger partial charge in [-0.15, -0.1) is 0 Å². The Bertz CT molecular complexity index is 521. The maximum atomic E-state index is 11.1. The molecule has 5 nitrogen and oxygen atoms in total. The Morgan fingerprint density at radius 3 is 3.12 bits per heavy atom. The fourth-order valence-corrected chi connectivity index (χ4v) is 1.65. The third kappa shape index (κ3) is 2.82. The number of hydrogen-bond donors (Lipinski definition) is 0. The third-order valence-corrected chi connectivity index (χ3v) is 2.47. The topological polar surface area (TPSA) is 55.6 Å². The number of benzene rings is 1. The molecule has 0 atom stereocenters. The van der Waals surface area contributed by atoms with Gasteiger partial charge in [-0.1, -0.05) is 6.07 Å². The quantitative estimate of drug-likeness (QED) is 0.749. The molecule has 0 radical (unpaired) electrons. The number of fused-ring (bicyclic) bond motifs is 1. The van der Waals surface area contributed by atoms with E-state index in [1.54, 1.807) is 0 Å². The van der Waals surface area contributed by atoms with Crippen LogP contribution in [-0.4, -0.2) is 36.6 Å². The first-order chi connectivity index (χ1) is 8.19. The molecule has 2 aromatic rings. The molecule has 0 aliphatic heterocycles. The molecule has 17 heavy (non-hydrogen) atoms. The fourth-order valence-electron chi connectivity index (χ4n) is 1.65. The Labute approximate surface area is 99.0 Å². The van der Waals surface area contributed by atoms with Crippen molar-refractivity contribution in [2.24, 2.45) is 0 Å². The highest BCUT2D eigenvalue weighted by atomic mass is 16.5. The second-order valence-corrected chi connectivity index (χ2v) is 3.90. The van der Waals surface area contributed by atoms with Crippen LogP contribution in [0, 0.1) is 0 Å². The molecule has 1 heterocycles. The third-order valence-electron chi connectivity index (χ3n) is 2.47. The van der Waals surface area contributed by atoms with Gasteiger partial charge < -0.3 is 9.15 Å². The minimum Gasteiger partial charge on any atom is -0.468 e. The zero-order chi connectivity index (χ0) is 12.3. The van der Waals surface area contributed by atoms with Crippen LogP contribution in [0.3, 0.4) is 0 Å². The molecule has 0 saturated carbocycles. The van der Waals surface area contributed by atoms with Crippen molar-refractivity contribution in [3.8, 4) is 0 Å². The molecule has 2 rings (SSSR count). The van der Waals surface area contributed by atoms with E-state index in [9.17, 15) is 4.79 Å². The Kier molecular flexibility index (Phi) is 3.39. The second kappa shape index (κ2) is 4.97. The van der Waals surface area contributed by atoms with Gasteiger partial charge in [-0.2, -0.15) is 0 Å². The number of esters is 1. The largest absolute Gasteiger partial charge is 0.468 e. The van der Waals surface area contributed by atoms with Gasteiger partial charge in [0.05, 0.1) is 13.7 Å². The van der Waals surface area contributed by atoms with E-state index in [1.807, 2.05) is 30.1 Å². The predicted molar refractivity (Wildman–Crippen MR) is 62.4 cm³/mol. The fraction of sp³-hybridized carbons (Fsp3) is 0.333. The summed E-state index contributed by atoms with van der Waals surface area (Å²) in [6, 6.07) is 5.80. The summed E-state index contributed by atoms with van der Waals surface area (Å²) in [5, 5.41) is 0. The van der Waals surface area contributed by atoms with Crippen molar-refractivity contribution in [2.75, 3.05) is 20.7 Å². The van der Waals surface area contributed by atoms with E-state index in [0.717, 1.165) is 16.7 Å². The van der Waals surface area contributed by atoms with E-state index in [1.165, 1.54) is 13.5 Å². The van der Waals surface area contributed by atoms with Crippen molar-refractivity contribution in [1.82, 2.24) is 9.88 Å². The number of methoxy groups -OCH3 is 1. The van der Waals surface area contributed by atoms with Gasteiger partial charge >= 0.3 is 5.97 Å². The standard InChI is InChI=1S/C12H14N2O3/c1-14(7-12(15)16-2)6-9-3-4-10-11(5-9)17-8-13-10/h3-5,8H,6-7H2,1-2H3. The number of hydrogen-bond acceptors (Lipinski definition) is 5. The van der Waals surface area contributed by atoms with Gasteiger partial charge in [-0.05, 0) is 24.7 Å². The minimum atomic E-state index is -0.242. The summed E-state index contributed by atoms with van der Waals surface area (Å²) in [5.74, 6) is -0.242. The second-order valence-electron chi connectivity index (χ2n) is 3.90. The average molecular weight is 234 g/mol. The zero-order valence-electron chi connectivity index (χ0n) is 9.84. The molecule has 0 aliphatic carbocycles. The van der Waals surface area contributed by atoms with Gasteiger partial charge in [0.15, 0.2) is 12.0 Å². The van der Waals surface area contributed by atoms with Gasteiger partial charge in [-0.25, -0.2) is 4.98 Å². The summed E-state index contributed by atoms with van der Waals surface area (Å²) in [4.78, 5) is 17.0. The summed E-state index contributed by atoms with van der Waals surface area (Å²) in [6.45, 7) is 0.927. The highest BCUT2D eigenvalue weighted by Gasteiger charge is 2.08. The molecule has 0 saturated heterocycles. The summed E-state index contributed by atoms with van der Waals surface area (Å²) in [7, 11) is 3.25. The van der Waals surface area contributed by atoms with E-state index < -0.39 is 0 Å². The number of ether oxygens (including phenoxy) is 1. The van der Waals surface area contributed by atoms with E-state index in [2.05, 4.69) is 9.72 Å². The molecule has 0 aliphatic rings. The Hall–Kier alpha value is -1.88. The molecule has 0 bridgehead atoms. The van der Waals surface area contributed by atoms with Crippen LogP contribution in [0.2, 0.25) is 0 Å². The summed E-state index contributed by atoms with van der Waals surface area (Å²) in [6.07, 6.45) is 1.42. The molecule has 1 aromatic carbocycles. The highest BCUT2D eigenvalue weighted by Crippen LogP contribution is 2.15. The first-order valence-electron chi connectivity index (χ1n) is 5.26. The molecule has 1 aromatic heterocycles. The number of rotatable bonds is 4. The summed E-state index contributed by atoms with van der Waals surface area (Å²) < 4.78 is 9.83. The molecule has 0 fully saturated rings. The molecule has 0 amide bonds. The van der Waals surface area contributed by atoms with Gasteiger partial charge in [0.25, 0.3) is 0 Å². The van der Waals surface area contributed by atoms with Crippen LogP contribution in [-0.2, 0) is 16.1 Å². The average Bonchev–Trinajstić information content (AvgIpc) is 2.75. The molecular formula is C12H14N2O3. The van der Waals surface area contributed by atoms with E-state index >= 15 is 0 Å². The summed E-state index contributed by atoms with van der Waals surface area (Å²) >= 11 is 0. The van der Waals surface area contributed by atoms with Crippen LogP contribution in [0.25, 0.3) is 11.1 Å². The van der Waals surface area contributed by atoms with Crippen molar-refractivity contribution in [3.63, 3.8) is 0 Å².